The van der Waals surface area contributed by atoms with Crippen LogP contribution in [0.1, 0.15) is 23.2 Å². The lowest BCUT2D eigenvalue weighted by atomic mass is 10.2. The van der Waals surface area contributed by atoms with E-state index in [1.165, 1.54) is 35.0 Å². The number of amides is 1. The van der Waals surface area contributed by atoms with Crippen molar-refractivity contribution in [1.29, 1.82) is 0 Å². The molecule has 0 aliphatic carbocycles. The number of nitrogens with one attached hydrogen (secondary N) is 2. The molecule has 1 atom stereocenters. The molecule has 4 rings (SSSR count). The van der Waals surface area contributed by atoms with E-state index < -0.39 is 23.0 Å². The predicted octanol–water partition coefficient (Wildman–Crippen LogP) is 1.07. The molecule has 1 saturated heterocycles. The van der Waals surface area contributed by atoms with Gasteiger partial charge in [-0.15, -0.1) is 0 Å². The molecular weight excluding hydrogens is 367 g/mol. The maximum Gasteiger partial charge on any atom is 0.333 e. The van der Waals surface area contributed by atoms with E-state index in [4.69, 9.17) is 4.74 Å². The minimum absolute atomic E-state index is 0.0197. The molecule has 1 amide bonds. The van der Waals surface area contributed by atoms with Gasteiger partial charge in [0, 0.05) is 26.4 Å². The Morgan fingerprint density at radius 3 is 2.75 bits per heavy atom. The van der Waals surface area contributed by atoms with Crippen LogP contribution in [0.5, 0.6) is 0 Å². The van der Waals surface area contributed by atoms with Gasteiger partial charge in [-0.2, -0.15) is 0 Å². The highest BCUT2D eigenvalue weighted by molar-refractivity contribution is 6.05. The van der Waals surface area contributed by atoms with Crippen LogP contribution in [-0.4, -0.2) is 39.3 Å². The number of hydrogen-bond acceptors (Lipinski definition) is 4. The van der Waals surface area contributed by atoms with Crippen LogP contribution in [0.3, 0.4) is 0 Å². The zero-order valence-electron chi connectivity index (χ0n) is 15.2. The molecule has 9 heteroatoms. The molecule has 0 radical (unpaired) electrons. The van der Waals surface area contributed by atoms with Gasteiger partial charge >= 0.3 is 5.69 Å². The summed E-state index contributed by atoms with van der Waals surface area (Å²) in [7, 11) is 1.62. The molecular formula is C19H19FN4O4. The summed E-state index contributed by atoms with van der Waals surface area (Å²) >= 11 is 0. The monoisotopic (exact) mass is 386 g/mol. The third kappa shape index (κ3) is 3.13. The minimum Gasteiger partial charge on any atom is -0.376 e. The first-order chi connectivity index (χ1) is 13.5. The number of ether oxygens (including phenoxy) is 1. The van der Waals surface area contributed by atoms with E-state index in [0.717, 1.165) is 17.4 Å². The van der Waals surface area contributed by atoms with Gasteiger partial charge in [-0.1, -0.05) is 0 Å². The fourth-order valence-corrected chi connectivity index (χ4v) is 3.48. The normalized spacial score (nSPS) is 16.6. The third-order valence-corrected chi connectivity index (χ3v) is 4.87. The maximum atomic E-state index is 13.2. The van der Waals surface area contributed by atoms with Crippen LogP contribution in [0.2, 0.25) is 0 Å². The van der Waals surface area contributed by atoms with Gasteiger partial charge in [-0.25, -0.2) is 13.8 Å². The number of rotatable bonds is 4. The number of carbonyl (C=O) groups excluding carboxylic acids is 1. The van der Waals surface area contributed by atoms with Gasteiger partial charge < -0.3 is 19.6 Å². The van der Waals surface area contributed by atoms with Crippen LogP contribution < -0.4 is 16.6 Å². The smallest absolute Gasteiger partial charge is 0.333 e. The number of fused-ring (bicyclic) bond motifs is 1. The Bertz CT molecular complexity index is 1150. The SMILES string of the molecule is Cn1cc(C(=O)NCC2CCCO2)c2[nH]c(=O)n(-c3ccc(F)cc3)c(=O)c21. The highest BCUT2D eigenvalue weighted by atomic mass is 19.1. The number of hydrogen-bond donors (Lipinski definition) is 2. The molecule has 2 N–H and O–H groups in total. The molecule has 8 nitrogen and oxygen atoms in total. The largest absolute Gasteiger partial charge is 0.376 e. The summed E-state index contributed by atoms with van der Waals surface area (Å²) in [6.07, 6.45) is 3.33. The lowest BCUT2D eigenvalue weighted by Crippen LogP contribution is -2.35. The van der Waals surface area contributed by atoms with Gasteiger partial charge in [0.05, 0.1) is 22.9 Å². The third-order valence-electron chi connectivity index (χ3n) is 4.87. The first-order valence-electron chi connectivity index (χ1n) is 8.96. The molecule has 1 aliphatic heterocycles. The first-order valence-corrected chi connectivity index (χ1v) is 8.96. The van der Waals surface area contributed by atoms with Crippen molar-refractivity contribution in [2.45, 2.75) is 18.9 Å². The summed E-state index contributed by atoms with van der Waals surface area (Å²) in [4.78, 5) is 40.7. The van der Waals surface area contributed by atoms with Crippen molar-refractivity contribution < 1.29 is 13.9 Å². The molecule has 3 heterocycles. The summed E-state index contributed by atoms with van der Waals surface area (Å²) in [5.41, 5.74) is -0.516. The molecule has 0 saturated carbocycles. The average Bonchev–Trinajstić information content (AvgIpc) is 3.29. The predicted molar refractivity (Wildman–Crippen MR) is 100 cm³/mol. The Labute approximate surface area is 158 Å². The van der Waals surface area contributed by atoms with Crippen molar-refractivity contribution in [3.63, 3.8) is 0 Å². The standard InChI is InChI=1S/C19H19FN4O4/c1-23-10-14(17(25)21-9-13-3-2-8-28-13)15-16(23)18(26)24(19(27)22-15)12-6-4-11(20)5-7-12/h4-7,10,13H,2-3,8-9H2,1H3,(H,21,25)(H,22,27). The van der Waals surface area contributed by atoms with Crippen LogP contribution in [0.15, 0.2) is 40.1 Å². The van der Waals surface area contributed by atoms with Crippen LogP contribution in [0, 0.1) is 5.82 Å². The van der Waals surface area contributed by atoms with Gasteiger partial charge in [0.15, 0.2) is 0 Å². The van der Waals surface area contributed by atoms with Gasteiger partial charge in [0.1, 0.15) is 11.3 Å². The van der Waals surface area contributed by atoms with E-state index in [-0.39, 0.29) is 28.4 Å². The lowest BCUT2D eigenvalue weighted by Gasteiger charge is -2.10. The van der Waals surface area contributed by atoms with Crippen molar-refractivity contribution >= 4 is 16.9 Å². The Balaban J connectivity index is 1.75. The van der Waals surface area contributed by atoms with E-state index in [9.17, 15) is 18.8 Å². The zero-order valence-corrected chi connectivity index (χ0v) is 15.2. The average molecular weight is 386 g/mol. The Hall–Kier alpha value is -3.20. The summed E-state index contributed by atoms with van der Waals surface area (Å²) < 4.78 is 21.1. The Kier molecular flexibility index (Phi) is 4.60. The van der Waals surface area contributed by atoms with Crippen LogP contribution in [-0.2, 0) is 11.8 Å². The molecule has 3 aromatic rings. The molecule has 28 heavy (non-hydrogen) atoms. The van der Waals surface area contributed by atoms with Crippen LogP contribution >= 0.6 is 0 Å². The highest BCUT2D eigenvalue weighted by Gasteiger charge is 2.22. The first kappa shape index (κ1) is 18.2. The minimum atomic E-state index is -0.705. The topological polar surface area (TPSA) is 98.1 Å². The molecule has 1 aromatic carbocycles. The second kappa shape index (κ2) is 7.08. The van der Waals surface area contributed by atoms with E-state index in [1.54, 1.807) is 7.05 Å². The van der Waals surface area contributed by atoms with E-state index in [2.05, 4.69) is 10.3 Å². The Morgan fingerprint density at radius 1 is 1.32 bits per heavy atom. The van der Waals surface area contributed by atoms with Crippen molar-refractivity contribution in [3.8, 4) is 5.69 Å². The zero-order chi connectivity index (χ0) is 19.8. The molecule has 1 fully saturated rings. The molecule has 146 valence electrons. The number of halogens is 1. The Morgan fingerprint density at radius 2 is 2.07 bits per heavy atom. The summed E-state index contributed by atoms with van der Waals surface area (Å²) in [5, 5.41) is 2.79. The highest BCUT2D eigenvalue weighted by Crippen LogP contribution is 2.16. The van der Waals surface area contributed by atoms with Crippen molar-refractivity contribution in [1.82, 2.24) is 19.4 Å². The van der Waals surface area contributed by atoms with Gasteiger partial charge in [0.25, 0.3) is 11.5 Å². The van der Waals surface area contributed by atoms with Gasteiger partial charge in [0.2, 0.25) is 0 Å². The lowest BCUT2D eigenvalue weighted by molar-refractivity contribution is 0.0859. The number of aromatic nitrogens is 3. The van der Waals surface area contributed by atoms with Gasteiger partial charge in [-0.3, -0.25) is 9.59 Å². The van der Waals surface area contributed by atoms with Crippen molar-refractivity contribution in [2.75, 3.05) is 13.2 Å². The maximum absolute atomic E-state index is 13.2. The quantitative estimate of drug-likeness (QED) is 0.701. The van der Waals surface area contributed by atoms with Gasteiger partial charge in [-0.05, 0) is 37.1 Å². The number of H-pyrrole nitrogens is 1. The molecule has 0 bridgehead atoms. The second-order valence-corrected chi connectivity index (χ2v) is 6.77. The van der Waals surface area contributed by atoms with Crippen molar-refractivity contribution in [2.24, 2.45) is 7.05 Å². The summed E-state index contributed by atoms with van der Waals surface area (Å²) in [6, 6.07) is 5.02. The number of carbonyl (C=O) groups is 1. The van der Waals surface area contributed by atoms with E-state index >= 15 is 0 Å². The second-order valence-electron chi connectivity index (χ2n) is 6.77. The fraction of sp³-hybridized carbons (Fsp3) is 0.316. The van der Waals surface area contributed by atoms with E-state index in [0.29, 0.717) is 13.2 Å². The number of aryl methyl sites for hydroxylation is 1. The van der Waals surface area contributed by atoms with E-state index in [1.807, 2.05) is 0 Å². The summed E-state index contributed by atoms with van der Waals surface area (Å²) in [6.45, 7) is 1.05. The molecule has 2 aromatic heterocycles. The number of benzene rings is 1. The van der Waals surface area contributed by atoms with Crippen LogP contribution in [0.25, 0.3) is 16.7 Å². The number of aromatic amines is 1. The molecule has 0 spiro atoms. The molecule has 1 aliphatic rings. The van der Waals surface area contributed by atoms with Crippen molar-refractivity contribution in [3.05, 3.63) is 62.7 Å². The molecule has 1 unspecified atom stereocenters. The number of nitrogens with zero attached hydrogens (tertiary/aromatic N) is 2. The fourth-order valence-electron chi connectivity index (χ4n) is 3.48. The van der Waals surface area contributed by atoms with Crippen LogP contribution in [0.4, 0.5) is 4.39 Å². The summed E-state index contributed by atoms with van der Waals surface area (Å²) in [5.74, 6) is -0.867.